The molecular weight excluding hydrogens is 412 g/mol. The highest BCUT2D eigenvalue weighted by molar-refractivity contribution is 5.96. The predicted molar refractivity (Wildman–Crippen MR) is 118 cm³/mol. The van der Waals surface area contributed by atoms with Gasteiger partial charge in [-0.25, -0.2) is 0 Å². The number of rotatable bonds is 0. The molecule has 0 unspecified atom stereocenters. The Labute approximate surface area is 183 Å². The van der Waals surface area contributed by atoms with Crippen LogP contribution < -0.4 is 14.9 Å². The van der Waals surface area contributed by atoms with Crippen molar-refractivity contribution < 1.29 is 29.2 Å². The third-order valence-electron chi connectivity index (χ3n) is 6.73. The lowest BCUT2D eigenvalue weighted by atomic mass is 9.75. The van der Waals surface area contributed by atoms with Crippen LogP contribution >= 0.6 is 0 Å². The standard InChI is InChI=1S/C25H22O7/c1-24(2)6-5-10-16(31-24)9-14(27)19-20(29)11-7-12-17-18(22(11)30-21(10)19)13(26)8-15(28)23(17)32-25(12,3)4/h5-6,8-9,12,26-28H,7H2,1-4H3/t12-/m0/s1. The first-order chi connectivity index (χ1) is 15.0. The Morgan fingerprint density at radius 2 is 1.75 bits per heavy atom. The van der Waals surface area contributed by atoms with Crippen LogP contribution in [0.2, 0.25) is 0 Å². The Morgan fingerprint density at radius 3 is 2.50 bits per heavy atom. The maximum atomic E-state index is 13.6. The number of benzene rings is 2. The van der Waals surface area contributed by atoms with Gasteiger partial charge in [0.25, 0.3) is 0 Å². The lowest BCUT2D eigenvalue weighted by Crippen LogP contribution is -2.34. The lowest BCUT2D eigenvalue weighted by molar-refractivity contribution is 0.106. The van der Waals surface area contributed by atoms with Gasteiger partial charge in [0, 0.05) is 29.2 Å². The summed E-state index contributed by atoms with van der Waals surface area (Å²) >= 11 is 0. The molecule has 0 radical (unpaired) electrons. The zero-order chi connectivity index (χ0) is 22.7. The maximum absolute atomic E-state index is 13.6. The van der Waals surface area contributed by atoms with Crippen LogP contribution in [0, 0.1) is 0 Å². The van der Waals surface area contributed by atoms with Crippen molar-refractivity contribution in [2.45, 2.75) is 51.2 Å². The van der Waals surface area contributed by atoms with Crippen molar-refractivity contribution in [2.75, 3.05) is 0 Å². The van der Waals surface area contributed by atoms with E-state index in [0.29, 0.717) is 40.2 Å². The van der Waals surface area contributed by atoms with Crippen molar-refractivity contribution in [1.82, 2.24) is 0 Å². The van der Waals surface area contributed by atoms with Crippen molar-refractivity contribution >= 4 is 17.0 Å². The van der Waals surface area contributed by atoms with E-state index in [0.717, 1.165) is 0 Å². The SMILES string of the molecule is CC1(C)C=Cc2c(cc(O)c3c(=O)c4c(oc23)-c2c(O)cc(O)c3c2[C@H](C4)C(C)(C)O3)O1. The highest BCUT2D eigenvalue weighted by atomic mass is 16.5. The Balaban J connectivity index is 1.73. The second kappa shape index (κ2) is 5.59. The minimum absolute atomic E-state index is 0.0779. The summed E-state index contributed by atoms with van der Waals surface area (Å²) in [5.74, 6) is 0.0784. The van der Waals surface area contributed by atoms with Crippen LogP contribution in [0.25, 0.3) is 28.4 Å². The third kappa shape index (κ3) is 2.28. The summed E-state index contributed by atoms with van der Waals surface area (Å²) < 4.78 is 18.3. The van der Waals surface area contributed by atoms with E-state index in [2.05, 4.69) is 0 Å². The molecule has 0 bridgehead atoms. The molecule has 0 saturated heterocycles. The summed E-state index contributed by atoms with van der Waals surface area (Å²) in [4.78, 5) is 13.6. The first kappa shape index (κ1) is 19.1. The van der Waals surface area contributed by atoms with Crippen molar-refractivity contribution in [2.24, 2.45) is 0 Å². The Hall–Kier alpha value is -3.61. The van der Waals surface area contributed by atoms with E-state index in [1.54, 1.807) is 0 Å². The molecule has 3 N–H and O–H groups in total. The van der Waals surface area contributed by atoms with E-state index in [9.17, 15) is 20.1 Å². The Morgan fingerprint density at radius 1 is 1.00 bits per heavy atom. The maximum Gasteiger partial charge on any atom is 0.200 e. The van der Waals surface area contributed by atoms with Crippen molar-refractivity contribution in [1.29, 1.82) is 0 Å². The third-order valence-corrected chi connectivity index (χ3v) is 6.73. The van der Waals surface area contributed by atoms with Gasteiger partial charge in [-0.1, -0.05) is 0 Å². The second-order valence-corrected chi connectivity index (χ2v) is 9.78. The quantitative estimate of drug-likeness (QED) is 0.475. The van der Waals surface area contributed by atoms with Gasteiger partial charge in [0.05, 0.1) is 11.1 Å². The molecule has 1 aromatic heterocycles. The summed E-state index contributed by atoms with van der Waals surface area (Å²) in [6.07, 6.45) is 3.96. The topological polar surface area (TPSA) is 109 Å². The summed E-state index contributed by atoms with van der Waals surface area (Å²) in [6, 6.07) is 2.65. The smallest absolute Gasteiger partial charge is 0.200 e. The fraction of sp³-hybridized carbons (Fsp3) is 0.320. The van der Waals surface area contributed by atoms with Gasteiger partial charge in [0.2, 0.25) is 0 Å². The van der Waals surface area contributed by atoms with E-state index >= 15 is 0 Å². The van der Waals surface area contributed by atoms with Crippen molar-refractivity contribution in [3.63, 3.8) is 0 Å². The van der Waals surface area contributed by atoms with Crippen LogP contribution in [-0.2, 0) is 6.42 Å². The molecule has 0 amide bonds. The zero-order valence-electron chi connectivity index (χ0n) is 18.1. The zero-order valence-corrected chi connectivity index (χ0v) is 18.1. The van der Waals surface area contributed by atoms with Gasteiger partial charge >= 0.3 is 0 Å². The highest BCUT2D eigenvalue weighted by Gasteiger charge is 2.49. The number of hydrogen-bond donors (Lipinski definition) is 3. The minimum Gasteiger partial charge on any atom is -0.507 e. The number of phenols is 3. The van der Waals surface area contributed by atoms with Crippen molar-refractivity contribution in [3.05, 3.63) is 45.1 Å². The molecule has 164 valence electrons. The van der Waals surface area contributed by atoms with Crippen LogP contribution in [0.5, 0.6) is 28.7 Å². The van der Waals surface area contributed by atoms with Crippen LogP contribution in [0.3, 0.4) is 0 Å². The molecule has 3 aromatic rings. The van der Waals surface area contributed by atoms with E-state index in [1.807, 2.05) is 39.8 Å². The van der Waals surface area contributed by atoms with Crippen LogP contribution in [0.15, 0.2) is 27.4 Å². The minimum atomic E-state index is -0.707. The molecule has 2 aromatic carbocycles. The largest absolute Gasteiger partial charge is 0.507 e. The summed E-state index contributed by atoms with van der Waals surface area (Å²) in [5, 5.41) is 32.0. The molecule has 6 rings (SSSR count). The van der Waals surface area contributed by atoms with Gasteiger partial charge in [0.1, 0.15) is 39.6 Å². The predicted octanol–water partition coefficient (Wildman–Crippen LogP) is 4.57. The molecule has 0 fully saturated rings. The number of hydrogen-bond acceptors (Lipinski definition) is 7. The Kier molecular flexibility index (Phi) is 3.34. The summed E-state index contributed by atoms with van der Waals surface area (Å²) in [7, 11) is 0. The number of aromatic hydroxyl groups is 3. The van der Waals surface area contributed by atoms with Crippen LogP contribution in [-0.4, -0.2) is 26.5 Å². The first-order valence-electron chi connectivity index (χ1n) is 10.5. The molecule has 0 spiro atoms. The molecule has 2 aliphatic heterocycles. The average molecular weight is 434 g/mol. The molecule has 1 aliphatic carbocycles. The monoisotopic (exact) mass is 434 g/mol. The van der Waals surface area contributed by atoms with E-state index in [4.69, 9.17) is 13.9 Å². The van der Waals surface area contributed by atoms with Gasteiger partial charge in [0.15, 0.2) is 22.5 Å². The lowest BCUT2D eigenvalue weighted by Gasteiger charge is -2.31. The van der Waals surface area contributed by atoms with Gasteiger partial charge in [-0.15, -0.1) is 0 Å². The van der Waals surface area contributed by atoms with Gasteiger partial charge in [-0.3, -0.25) is 4.79 Å². The molecule has 7 heteroatoms. The van der Waals surface area contributed by atoms with E-state index < -0.39 is 11.2 Å². The molecule has 32 heavy (non-hydrogen) atoms. The van der Waals surface area contributed by atoms with Gasteiger partial charge in [-0.05, 0) is 46.3 Å². The summed E-state index contributed by atoms with van der Waals surface area (Å²) in [6.45, 7) is 7.53. The summed E-state index contributed by atoms with van der Waals surface area (Å²) in [5.41, 5.74) is 0.420. The number of ether oxygens (including phenoxy) is 2. The second-order valence-electron chi connectivity index (χ2n) is 9.78. The number of fused-ring (bicyclic) bond motifs is 5. The average Bonchev–Trinajstić information content (AvgIpc) is 2.96. The Bertz CT molecular complexity index is 1460. The normalized spacial score (nSPS) is 20.8. The van der Waals surface area contributed by atoms with Crippen LogP contribution in [0.4, 0.5) is 0 Å². The first-order valence-corrected chi connectivity index (χ1v) is 10.5. The van der Waals surface area contributed by atoms with Crippen molar-refractivity contribution in [3.8, 4) is 40.1 Å². The molecule has 3 heterocycles. The van der Waals surface area contributed by atoms with E-state index in [-0.39, 0.29) is 45.3 Å². The molecular formula is C25H22O7. The fourth-order valence-corrected chi connectivity index (χ4v) is 5.18. The number of phenolic OH excluding ortho intramolecular Hbond substituents is 3. The fourth-order valence-electron chi connectivity index (χ4n) is 5.18. The van der Waals surface area contributed by atoms with Gasteiger partial charge in [-0.2, -0.15) is 0 Å². The molecule has 7 nitrogen and oxygen atoms in total. The molecule has 0 saturated carbocycles. The highest BCUT2D eigenvalue weighted by Crippen LogP contribution is 2.59. The van der Waals surface area contributed by atoms with Gasteiger partial charge < -0.3 is 29.2 Å². The van der Waals surface area contributed by atoms with E-state index in [1.165, 1.54) is 12.1 Å². The molecule has 1 atom stereocenters. The molecule has 3 aliphatic rings. The van der Waals surface area contributed by atoms with Crippen LogP contribution in [0.1, 0.15) is 50.3 Å².